The topological polar surface area (TPSA) is 46.0 Å². The Hall–Kier alpha value is -1.75. The number of carbonyl (C=O) groups excluding carboxylic acids is 1. The van der Waals surface area contributed by atoms with Crippen molar-refractivity contribution in [1.29, 1.82) is 0 Å². The van der Waals surface area contributed by atoms with Gasteiger partial charge in [-0.1, -0.05) is 12.1 Å². The molecule has 1 heterocycles. The second-order valence-electron chi connectivity index (χ2n) is 5.43. The molecule has 5 heteroatoms. The average molecular weight is 292 g/mol. The first-order chi connectivity index (χ1) is 10.2. The summed E-state index contributed by atoms with van der Waals surface area (Å²) in [7, 11) is 1.71. The van der Waals surface area contributed by atoms with Gasteiger partial charge in [-0.2, -0.15) is 0 Å². The number of nitrogens with zero attached hydrogens (tertiary/aromatic N) is 1. The molecule has 1 aliphatic rings. The molecule has 1 atom stereocenters. The number of amides is 1. The summed E-state index contributed by atoms with van der Waals surface area (Å²) in [5.74, 6) is 1.07. The lowest BCUT2D eigenvalue weighted by Crippen LogP contribution is -3.19. The van der Waals surface area contributed by atoms with Crippen LogP contribution in [0, 0.1) is 0 Å². The lowest BCUT2D eigenvalue weighted by atomic mass is 10.2. The van der Waals surface area contributed by atoms with Crippen molar-refractivity contribution in [1.82, 2.24) is 5.32 Å². The summed E-state index contributed by atoms with van der Waals surface area (Å²) in [6, 6.07) is 8.13. The van der Waals surface area contributed by atoms with Gasteiger partial charge in [0.05, 0.1) is 39.0 Å². The molecule has 1 aliphatic heterocycles. The Balaban J connectivity index is 1.95. The van der Waals surface area contributed by atoms with E-state index in [1.54, 1.807) is 7.11 Å². The molecule has 0 radical (unpaired) electrons. The second-order valence-corrected chi connectivity index (χ2v) is 5.43. The van der Waals surface area contributed by atoms with Gasteiger partial charge < -0.3 is 19.9 Å². The molecular weight excluding hydrogens is 266 g/mol. The summed E-state index contributed by atoms with van der Waals surface area (Å²) < 4.78 is 5.43. The quantitative estimate of drug-likeness (QED) is 0.798. The van der Waals surface area contributed by atoms with E-state index in [9.17, 15) is 4.79 Å². The number of methoxy groups -OCH3 is 1. The van der Waals surface area contributed by atoms with Gasteiger partial charge in [-0.15, -0.1) is 0 Å². The smallest absolute Gasteiger partial charge is 0.278 e. The minimum Gasteiger partial charge on any atom is -0.495 e. The second kappa shape index (κ2) is 7.31. The molecule has 2 N–H and O–H groups in total. The molecule has 1 aromatic rings. The number of rotatable bonds is 5. The normalized spacial score (nSPS) is 17.4. The molecule has 2 rings (SSSR count). The maximum atomic E-state index is 11.9. The van der Waals surface area contributed by atoms with Crippen molar-refractivity contribution in [3.63, 3.8) is 0 Å². The summed E-state index contributed by atoms with van der Waals surface area (Å²) in [5.41, 5.74) is 1.14. The third kappa shape index (κ3) is 3.67. The number of quaternary nitrogens is 1. The van der Waals surface area contributed by atoms with Gasteiger partial charge in [0, 0.05) is 6.54 Å². The van der Waals surface area contributed by atoms with Crippen LogP contribution in [-0.2, 0) is 4.79 Å². The fourth-order valence-electron chi connectivity index (χ4n) is 2.87. The summed E-state index contributed by atoms with van der Waals surface area (Å²) in [4.78, 5) is 15.6. The fraction of sp³-hybridized carbons (Fsp3) is 0.562. The largest absolute Gasteiger partial charge is 0.495 e. The number of carbonyl (C=O) groups is 1. The molecule has 0 aromatic heterocycles. The van der Waals surface area contributed by atoms with Crippen molar-refractivity contribution in [3.05, 3.63) is 24.3 Å². The van der Waals surface area contributed by atoms with Crippen molar-refractivity contribution in [2.24, 2.45) is 0 Å². The number of nitrogens with one attached hydrogen (secondary N) is 2. The van der Waals surface area contributed by atoms with E-state index in [1.807, 2.05) is 32.0 Å². The van der Waals surface area contributed by atoms with Gasteiger partial charge in [0.2, 0.25) is 0 Å². The van der Waals surface area contributed by atoms with Crippen LogP contribution in [0.1, 0.15) is 13.8 Å². The van der Waals surface area contributed by atoms with Crippen LogP contribution in [0.25, 0.3) is 0 Å². The van der Waals surface area contributed by atoms with E-state index in [-0.39, 0.29) is 11.9 Å². The molecule has 0 aliphatic carbocycles. The monoisotopic (exact) mass is 292 g/mol. The van der Waals surface area contributed by atoms with E-state index < -0.39 is 0 Å². The number of para-hydroxylation sites is 2. The van der Waals surface area contributed by atoms with E-state index in [2.05, 4.69) is 16.3 Å². The van der Waals surface area contributed by atoms with E-state index in [1.165, 1.54) is 4.90 Å². The summed E-state index contributed by atoms with van der Waals surface area (Å²) in [6.07, 6.45) is 0. The summed E-state index contributed by atoms with van der Waals surface area (Å²) >= 11 is 0. The highest BCUT2D eigenvalue weighted by atomic mass is 16.5. The first kappa shape index (κ1) is 15.6. The minimum absolute atomic E-state index is 0.0183. The fourth-order valence-corrected chi connectivity index (χ4v) is 2.87. The Morgan fingerprint density at radius 2 is 2.05 bits per heavy atom. The number of likely N-dealkylation sites (N-methyl/N-ethyl adjacent to an activating group) is 1. The van der Waals surface area contributed by atoms with Crippen molar-refractivity contribution in [2.45, 2.75) is 19.9 Å². The number of anilines is 1. The maximum Gasteiger partial charge on any atom is 0.278 e. The lowest BCUT2D eigenvalue weighted by molar-refractivity contribution is -0.914. The molecule has 0 spiro atoms. The zero-order chi connectivity index (χ0) is 15.2. The maximum absolute atomic E-state index is 11.9. The Bertz CT molecular complexity index is 470. The van der Waals surface area contributed by atoms with Gasteiger partial charge in [0.25, 0.3) is 5.91 Å². The Morgan fingerprint density at radius 3 is 2.67 bits per heavy atom. The summed E-state index contributed by atoms with van der Waals surface area (Å²) in [5, 5.41) is 2.91. The molecule has 21 heavy (non-hydrogen) atoms. The molecule has 1 saturated heterocycles. The van der Waals surface area contributed by atoms with Gasteiger partial charge in [-0.3, -0.25) is 4.79 Å². The Kier molecular flexibility index (Phi) is 5.44. The van der Waals surface area contributed by atoms with Gasteiger partial charge in [-0.25, -0.2) is 0 Å². The number of piperazine rings is 1. The molecule has 116 valence electrons. The third-order valence-electron chi connectivity index (χ3n) is 4.19. The summed E-state index contributed by atoms with van der Waals surface area (Å²) in [6.45, 7) is 8.49. The number of hydrogen-bond acceptors (Lipinski definition) is 3. The molecule has 1 amide bonds. The van der Waals surface area contributed by atoms with Gasteiger partial charge >= 0.3 is 0 Å². The van der Waals surface area contributed by atoms with Crippen molar-refractivity contribution >= 4 is 11.6 Å². The van der Waals surface area contributed by atoms with Crippen LogP contribution in [0.3, 0.4) is 0 Å². The molecule has 1 fully saturated rings. The van der Waals surface area contributed by atoms with Crippen molar-refractivity contribution in [3.8, 4) is 5.75 Å². The SMILES string of the molecule is CCNC(=O)[C@@H](C)[NH+]1CCN(c2ccccc2OC)CC1. The molecule has 5 nitrogen and oxygen atoms in total. The van der Waals surface area contributed by atoms with Crippen molar-refractivity contribution < 1.29 is 14.4 Å². The highest BCUT2D eigenvalue weighted by Gasteiger charge is 2.29. The van der Waals surface area contributed by atoms with Gasteiger partial charge in [0.15, 0.2) is 6.04 Å². The number of hydrogen-bond donors (Lipinski definition) is 2. The third-order valence-corrected chi connectivity index (χ3v) is 4.19. The van der Waals surface area contributed by atoms with Crippen LogP contribution in [0.2, 0.25) is 0 Å². The predicted octanol–water partition coefficient (Wildman–Crippen LogP) is -0.0753. The van der Waals surface area contributed by atoms with E-state index in [0.717, 1.165) is 37.6 Å². The minimum atomic E-state index is 0.0183. The first-order valence-electron chi connectivity index (χ1n) is 7.67. The van der Waals surface area contributed by atoms with Gasteiger partial charge in [0.1, 0.15) is 5.75 Å². The highest BCUT2D eigenvalue weighted by Crippen LogP contribution is 2.27. The average Bonchev–Trinajstić information content (AvgIpc) is 2.54. The van der Waals surface area contributed by atoms with Crippen LogP contribution in [-0.4, -0.2) is 51.8 Å². The van der Waals surface area contributed by atoms with Crippen molar-refractivity contribution in [2.75, 3.05) is 44.7 Å². The van der Waals surface area contributed by atoms with E-state index in [4.69, 9.17) is 4.74 Å². The van der Waals surface area contributed by atoms with Crippen LogP contribution in [0.5, 0.6) is 5.75 Å². The zero-order valence-electron chi connectivity index (χ0n) is 13.2. The van der Waals surface area contributed by atoms with Crippen LogP contribution >= 0.6 is 0 Å². The zero-order valence-corrected chi connectivity index (χ0v) is 13.2. The first-order valence-corrected chi connectivity index (χ1v) is 7.67. The number of ether oxygens (including phenoxy) is 1. The highest BCUT2D eigenvalue weighted by molar-refractivity contribution is 5.79. The standard InChI is InChI=1S/C16H25N3O2/c1-4-17-16(20)13(2)18-9-11-19(12-10-18)14-7-5-6-8-15(14)21-3/h5-8,13H,4,9-12H2,1-3H3,(H,17,20)/p+1/t13-/m1/s1. The predicted molar refractivity (Wildman–Crippen MR) is 84.0 cm³/mol. The molecular formula is C16H26N3O2+. The number of benzene rings is 1. The van der Waals surface area contributed by atoms with Gasteiger partial charge in [-0.05, 0) is 26.0 Å². The van der Waals surface area contributed by atoms with E-state index >= 15 is 0 Å². The Labute approximate surface area is 126 Å². The van der Waals surface area contributed by atoms with E-state index in [0.29, 0.717) is 6.54 Å². The molecule has 0 unspecified atom stereocenters. The molecule has 0 saturated carbocycles. The molecule has 1 aromatic carbocycles. The lowest BCUT2D eigenvalue weighted by Gasteiger charge is -2.36. The van der Waals surface area contributed by atoms with Crippen LogP contribution in [0.4, 0.5) is 5.69 Å². The molecule has 0 bridgehead atoms. The Morgan fingerprint density at radius 1 is 1.38 bits per heavy atom. The van der Waals surface area contributed by atoms with Crippen LogP contribution < -0.4 is 19.9 Å². The van der Waals surface area contributed by atoms with Crippen LogP contribution in [0.15, 0.2) is 24.3 Å².